The first-order valence-electron chi connectivity index (χ1n) is 5.39. The Hall–Kier alpha value is -1.02. The molecule has 2 N–H and O–H groups in total. The largest absolute Gasteiger partial charge is 0.493 e. The number of hydrogen-bond donors (Lipinski definition) is 1. The van der Waals surface area contributed by atoms with Crippen LogP contribution in [-0.2, 0) is 12.8 Å². The van der Waals surface area contributed by atoms with Crippen molar-refractivity contribution >= 4 is 0 Å². The molecule has 1 heterocycles. The van der Waals surface area contributed by atoms with E-state index in [0.717, 1.165) is 25.2 Å². The molecule has 0 saturated carbocycles. The minimum Gasteiger partial charge on any atom is -0.493 e. The molecule has 14 heavy (non-hydrogen) atoms. The Kier molecular flexibility index (Phi) is 1.77. The van der Waals surface area contributed by atoms with Crippen LogP contribution in [0.1, 0.15) is 35.6 Å². The van der Waals surface area contributed by atoms with Gasteiger partial charge in [-0.2, -0.15) is 0 Å². The summed E-state index contributed by atoms with van der Waals surface area (Å²) >= 11 is 0. The average Bonchev–Trinajstić information content (AvgIpc) is 2.66. The summed E-state index contributed by atoms with van der Waals surface area (Å²) in [5, 5.41) is 0. The fourth-order valence-electron chi connectivity index (χ4n) is 2.66. The molecule has 0 saturated heterocycles. The second kappa shape index (κ2) is 2.99. The number of benzene rings is 1. The molecule has 0 amide bonds. The van der Waals surface area contributed by atoms with E-state index in [-0.39, 0.29) is 6.04 Å². The van der Waals surface area contributed by atoms with E-state index < -0.39 is 0 Å². The van der Waals surface area contributed by atoms with Gasteiger partial charge in [0, 0.05) is 18.0 Å². The molecule has 0 aromatic heterocycles. The molecule has 1 atom stereocenters. The van der Waals surface area contributed by atoms with Crippen LogP contribution in [0.5, 0.6) is 5.75 Å². The molecule has 3 rings (SSSR count). The standard InChI is InChI=1S/C12H15NO/c13-11-3-1-2-8-9(11)4-5-12-10(8)6-7-14-12/h4-5,11H,1-3,6-7,13H2/t11-/m0/s1. The number of rotatable bonds is 0. The van der Waals surface area contributed by atoms with Crippen LogP contribution in [0.4, 0.5) is 0 Å². The molecule has 0 radical (unpaired) electrons. The lowest BCUT2D eigenvalue weighted by Crippen LogP contribution is -2.18. The predicted molar refractivity (Wildman–Crippen MR) is 55.5 cm³/mol. The Balaban J connectivity index is 2.17. The molecule has 0 fully saturated rings. The predicted octanol–water partition coefficient (Wildman–Crippen LogP) is 1.96. The van der Waals surface area contributed by atoms with Crippen molar-refractivity contribution < 1.29 is 4.74 Å². The zero-order valence-corrected chi connectivity index (χ0v) is 8.25. The molecule has 1 aromatic carbocycles. The van der Waals surface area contributed by atoms with Gasteiger partial charge in [-0.15, -0.1) is 0 Å². The van der Waals surface area contributed by atoms with E-state index in [1.807, 2.05) is 0 Å². The molecular weight excluding hydrogens is 174 g/mol. The van der Waals surface area contributed by atoms with Gasteiger partial charge in [0.25, 0.3) is 0 Å². The Morgan fingerprint density at radius 2 is 2.14 bits per heavy atom. The van der Waals surface area contributed by atoms with Crippen LogP contribution in [0.2, 0.25) is 0 Å². The van der Waals surface area contributed by atoms with Gasteiger partial charge in [0.2, 0.25) is 0 Å². The first-order chi connectivity index (χ1) is 6.86. The Labute approximate surface area is 84.1 Å². The molecule has 2 nitrogen and oxygen atoms in total. The summed E-state index contributed by atoms with van der Waals surface area (Å²) < 4.78 is 5.56. The Bertz CT molecular complexity index is 373. The van der Waals surface area contributed by atoms with Crippen molar-refractivity contribution in [1.29, 1.82) is 0 Å². The normalized spacial score (nSPS) is 23.9. The summed E-state index contributed by atoms with van der Waals surface area (Å²) in [7, 11) is 0. The van der Waals surface area contributed by atoms with Crippen LogP contribution >= 0.6 is 0 Å². The van der Waals surface area contributed by atoms with Gasteiger partial charge < -0.3 is 10.5 Å². The minimum atomic E-state index is 0.254. The monoisotopic (exact) mass is 189 g/mol. The highest BCUT2D eigenvalue weighted by Crippen LogP contribution is 2.37. The highest BCUT2D eigenvalue weighted by Gasteiger charge is 2.24. The van der Waals surface area contributed by atoms with Gasteiger partial charge >= 0.3 is 0 Å². The Morgan fingerprint density at radius 1 is 1.21 bits per heavy atom. The summed E-state index contributed by atoms with van der Waals surface area (Å²) in [6, 6.07) is 4.50. The molecule has 0 unspecified atom stereocenters. The van der Waals surface area contributed by atoms with E-state index in [4.69, 9.17) is 10.5 Å². The number of nitrogens with two attached hydrogens (primary N) is 1. The number of fused-ring (bicyclic) bond motifs is 3. The third-order valence-electron chi connectivity index (χ3n) is 3.38. The first-order valence-corrected chi connectivity index (χ1v) is 5.39. The first kappa shape index (κ1) is 8.30. The topological polar surface area (TPSA) is 35.2 Å². The molecule has 1 aliphatic carbocycles. The second-order valence-electron chi connectivity index (χ2n) is 4.21. The van der Waals surface area contributed by atoms with E-state index in [2.05, 4.69) is 12.1 Å². The molecule has 1 aliphatic heterocycles. The van der Waals surface area contributed by atoms with Gasteiger partial charge in [-0.25, -0.2) is 0 Å². The molecular formula is C12H15NO. The fourth-order valence-corrected chi connectivity index (χ4v) is 2.66. The second-order valence-corrected chi connectivity index (χ2v) is 4.21. The maximum absolute atomic E-state index is 6.10. The van der Waals surface area contributed by atoms with Crippen LogP contribution in [0, 0.1) is 0 Å². The summed E-state index contributed by atoms with van der Waals surface area (Å²) in [5.74, 6) is 1.10. The quantitative estimate of drug-likeness (QED) is 0.677. The maximum atomic E-state index is 6.10. The zero-order valence-electron chi connectivity index (χ0n) is 8.25. The molecule has 0 spiro atoms. The SMILES string of the molecule is N[C@H]1CCCc2c1ccc1c2CCO1. The highest BCUT2D eigenvalue weighted by molar-refractivity contribution is 5.49. The molecule has 2 heteroatoms. The van der Waals surface area contributed by atoms with Gasteiger partial charge in [-0.3, -0.25) is 0 Å². The van der Waals surface area contributed by atoms with Crippen molar-refractivity contribution in [2.45, 2.75) is 31.7 Å². The fraction of sp³-hybridized carbons (Fsp3) is 0.500. The van der Waals surface area contributed by atoms with Gasteiger partial charge in [-0.1, -0.05) is 6.07 Å². The van der Waals surface area contributed by atoms with Crippen LogP contribution in [0.15, 0.2) is 12.1 Å². The smallest absolute Gasteiger partial charge is 0.122 e. The van der Waals surface area contributed by atoms with Gasteiger partial charge in [0.15, 0.2) is 0 Å². The Morgan fingerprint density at radius 3 is 3.07 bits per heavy atom. The minimum absolute atomic E-state index is 0.254. The van der Waals surface area contributed by atoms with Gasteiger partial charge in [-0.05, 0) is 36.5 Å². The summed E-state index contributed by atoms with van der Waals surface area (Å²) in [6.07, 6.45) is 4.62. The van der Waals surface area contributed by atoms with E-state index in [9.17, 15) is 0 Å². The molecule has 74 valence electrons. The maximum Gasteiger partial charge on any atom is 0.122 e. The number of hydrogen-bond acceptors (Lipinski definition) is 2. The van der Waals surface area contributed by atoms with Crippen LogP contribution in [-0.4, -0.2) is 6.61 Å². The number of ether oxygens (including phenoxy) is 1. The van der Waals surface area contributed by atoms with Crippen molar-refractivity contribution in [2.75, 3.05) is 6.61 Å². The van der Waals surface area contributed by atoms with Crippen molar-refractivity contribution in [1.82, 2.24) is 0 Å². The lowest BCUT2D eigenvalue weighted by Gasteiger charge is -2.23. The molecule has 0 bridgehead atoms. The summed E-state index contributed by atoms with van der Waals surface area (Å²) in [5.41, 5.74) is 10.4. The van der Waals surface area contributed by atoms with Crippen molar-refractivity contribution in [2.24, 2.45) is 5.73 Å². The van der Waals surface area contributed by atoms with Gasteiger partial charge in [0.1, 0.15) is 5.75 Å². The van der Waals surface area contributed by atoms with Crippen molar-refractivity contribution in [3.05, 3.63) is 28.8 Å². The third-order valence-corrected chi connectivity index (χ3v) is 3.38. The van der Waals surface area contributed by atoms with Crippen LogP contribution in [0.25, 0.3) is 0 Å². The lowest BCUT2D eigenvalue weighted by molar-refractivity contribution is 0.356. The summed E-state index contributed by atoms with van der Waals surface area (Å²) in [6.45, 7) is 0.848. The van der Waals surface area contributed by atoms with Crippen molar-refractivity contribution in [3.8, 4) is 5.75 Å². The van der Waals surface area contributed by atoms with E-state index in [1.54, 1.807) is 0 Å². The van der Waals surface area contributed by atoms with Crippen LogP contribution in [0.3, 0.4) is 0 Å². The highest BCUT2D eigenvalue weighted by atomic mass is 16.5. The molecule has 2 aliphatic rings. The third kappa shape index (κ3) is 1.07. The van der Waals surface area contributed by atoms with E-state index in [0.29, 0.717) is 0 Å². The van der Waals surface area contributed by atoms with Crippen molar-refractivity contribution in [3.63, 3.8) is 0 Å². The van der Waals surface area contributed by atoms with E-state index in [1.165, 1.54) is 29.5 Å². The summed E-state index contributed by atoms with van der Waals surface area (Å²) in [4.78, 5) is 0. The van der Waals surface area contributed by atoms with Gasteiger partial charge in [0.05, 0.1) is 6.61 Å². The average molecular weight is 189 g/mol. The van der Waals surface area contributed by atoms with Crippen LogP contribution < -0.4 is 10.5 Å². The zero-order chi connectivity index (χ0) is 9.54. The lowest BCUT2D eigenvalue weighted by atomic mass is 9.84. The molecule has 1 aromatic rings. The van der Waals surface area contributed by atoms with E-state index >= 15 is 0 Å².